The van der Waals surface area contributed by atoms with Crippen molar-refractivity contribution in [3.05, 3.63) is 41.4 Å². The molecule has 21 heavy (non-hydrogen) atoms. The number of hydrogen-bond acceptors (Lipinski definition) is 3. The maximum Gasteiger partial charge on any atom is 0.123 e. The third-order valence-electron chi connectivity index (χ3n) is 3.22. The molecule has 0 aliphatic carbocycles. The van der Waals surface area contributed by atoms with E-state index in [4.69, 9.17) is 21.1 Å². The maximum absolute atomic E-state index is 5.99. The standard InChI is InChI=1S/C17H26ClNO2/c1-4-6-15-13-16(18)7-8-17(15)21-12-11-20-10-9-19-14(3)5-2/h4,7-8,13-14,19H,1,5-6,9-12H2,2-3H3/t14-/m0/s1. The summed E-state index contributed by atoms with van der Waals surface area (Å²) >= 11 is 5.99. The van der Waals surface area contributed by atoms with Crippen molar-refractivity contribution in [1.82, 2.24) is 5.32 Å². The molecule has 1 N–H and O–H groups in total. The SMILES string of the molecule is C=CCc1cc(Cl)ccc1OCCOCCN[C@@H](C)CC. The first-order valence-electron chi connectivity index (χ1n) is 7.50. The van der Waals surface area contributed by atoms with Gasteiger partial charge in [-0.3, -0.25) is 0 Å². The topological polar surface area (TPSA) is 30.5 Å². The van der Waals surface area contributed by atoms with Gasteiger partial charge in [-0.15, -0.1) is 6.58 Å². The highest BCUT2D eigenvalue weighted by atomic mass is 35.5. The van der Waals surface area contributed by atoms with Crippen LogP contribution in [0.4, 0.5) is 0 Å². The van der Waals surface area contributed by atoms with Crippen LogP contribution in [-0.2, 0) is 11.2 Å². The van der Waals surface area contributed by atoms with Gasteiger partial charge >= 0.3 is 0 Å². The third kappa shape index (κ3) is 7.51. The Hall–Kier alpha value is -1.03. The van der Waals surface area contributed by atoms with Gasteiger partial charge in [0.2, 0.25) is 0 Å². The van der Waals surface area contributed by atoms with Crippen LogP contribution >= 0.6 is 11.6 Å². The van der Waals surface area contributed by atoms with Crippen molar-refractivity contribution in [2.45, 2.75) is 32.7 Å². The number of hydrogen-bond donors (Lipinski definition) is 1. The van der Waals surface area contributed by atoms with Gasteiger partial charge in [0.15, 0.2) is 0 Å². The van der Waals surface area contributed by atoms with Gasteiger partial charge in [0.1, 0.15) is 12.4 Å². The molecule has 0 amide bonds. The van der Waals surface area contributed by atoms with Crippen LogP contribution in [0.1, 0.15) is 25.8 Å². The summed E-state index contributed by atoms with van der Waals surface area (Å²) in [7, 11) is 0. The Morgan fingerprint density at radius 3 is 2.86 bits per heavy atom. The molecular weight excluding hydrogens is 286 g/mol. The van der Waals surface area contributed by atoms with Gasteiger partial charge in [-0.2, -0.15) is 0 Å². The average Bonchev–Trinajstić information content (AvgIpc) is 2.48. The molecule has 1 aromatic carbocycles. The molecule has 0 bridgehead atoms. The lowest BCUT2D eigenvalue weighted by atomic mass is 10.1. The van der Waals surface area contributed by atoms with E-state index in [0.717, 1.165) is 30.7 Å². The van der Waals surface area contributed by atoms with Crippen LogP contribution in [0.5, 0.6) is 5.75 Å². The van der Waals surface area contributed by atoms with Crippen molar-refractivity contribution in [3.8, 4) is 5.75 Å². The van der Waals surface area contributed by atoms with Gasteiger partial charge in [0.25, 0.3) is 0 Å². The van der Waals surface area contributed by atoms with Crippen LogP contribution in [0.15, 0.2) is 30.9 Å². The summed E-state index contributed by atoms with van der Waals surface area (Å²) in [5.74, 6) is 0.848. The highest BCUT2D eigenvalue weighted by Gasteiger charge is 2.03. The van der Waals surface area contributed by atoms with E-state index in [1.807, 2.05) is 24.3 Å². The van der Waals surface area contributed by atoms with Gasteiger partial charge in [-0.25, -0.2) is 0 Å². The molecule has 1 rings (SSSR count). The second-order valence-corrected chi connectivity index (χ2v) is 5.41. The quantitative estimate of drug-likeness (QED) is 0.497. The van der Waals surface area contributed by atoms with Crippen molar-refractivity contribution in [3.63, 3.8) is 0 Å². The Kier molecular flexibility index (Phi) is 9.15. The van der Waals surface area contributed by atoms with E-state index in [1.54, 1.807) is 0 Å². The van der Waals surface area contributed by atoms with Crippen LogP contribution in [0, 0.1) is 0 Å². The third-order valence-corrected chi connectivity index (χ3v) is 3.46. The minimum Gasteiger partial charge on any atom is -0.491 e. The highest BCUT2D eigenvalue weighted by Crippen LogP contribution is 2.23. The lowest BCUT2D eigenvalue weighted by molar-refractivity contribution is 0.100. The van der Waals surface area contributed by atoms with E-state index in [9.17, 15) is 0 Å². The lowest BCUT2D eigenvalue weighted by Gasteiger charge is -2.13. The first-order chi connectivity index (χ1) is 10.2. The molecule has 0 spiro atoms. The number of halogens is 1. The number of benzene rings is 1. The summed E-state index contributed by atoms with van der Waals surface area (Å²) in [6.07, 6.45) is 3.72. The van der Waals surface area contributed by atoms with Crippen LogP contribution in [0.25, 0.3) is 0 Å². The minimum atomic E-state index is 0.537. The molecule has 0 saturated carbocycles. The Morgan fingerprint density at radius 1 is 1.33 bits per heavy atom. The summed E-state index contributed by atoms with van der Waals surface area (Å²) in [4.78, 5) is 0. The van der Waals surface area contributed by atoms with Crippen LogP contribution < -0.4 is 10.1 Å². The molecule has 0 fully saturated rings. The van der Waals surface area contributed by atoms with Crippen molar-refractivity contribution in [1.29, 1.82) is 0 Å². The van der Waals surface area contributed by atoms with Crippen LogP contribution in [0.3, 0.4) is 0 Å². The second-order valence-electron chi connectivity index (χ2n) is 4.97. The molecule has 118 valence electrons. The molecule has 0 aromatic heterocycles. The van der Waals surface area contributed by atoms with Crippen LogP contribution in [0.2, 0.25) is 5.02 Å². The zero-order valence-corrected chi connectivity index (χ0v) is 13.8. The number of allylic oxidation sites excluding steroid dienone is 1. The van der Waals surface area contributed by atoms with Gasteiger partial charge in [-0.1, -0.05) is 24.6 Å². The Bertz CT molecular complexity index is 423. The summed E-state index contributed by atoms with van der Waals surface area (Å²) in [5, 5.41) is 4.10. The molecule has 0 saturated heterocycles. The van der Waals surface area contributed by atoms with E-state index in [-0.39, 0.29) is 0 Å². The summed E-state index contributed by atoms with van der Waals surface area (Å²) in [6.45, 7) is 10.8. The van der Waals surface area contributed by atoms with E-state index in [1.165, 1.54) is 0 Å². The predicted molar refractivity (Wildman–Crippen MR) is 89.4 cm³/mol. The number of ether oxygens (including phenoxy) is 2. The number of nitrogens with one attached hydrogen (secondary N) is 1. The molecule has 0 aliphatic rings. The molecule has 0 aliphatic heterocycles. The summed E-state index contributed by atoms with van der Waals surface area (Å²) in [6, 6.07) is 6.18. The fourth-order valence-corrected chi connectivity index (χ4v) is 2.03. The zero-order valence-electron chi connectivity index (χ0n) is 13.0. The van der Waals surface area contributed by atoms with Crippen LogP contribution in [-0.4, -0.2) is 32.4 Å². The largest absolute Gasteiger partial charge is 0.491 e. The molecule has 0 unspecified atom stereocenters. The van der Waals surface area contributed by atoms with E-state index >= 15 is 0 Å². The summed E-state index contributed by atoms with van der Waals surface area (Å²) in [5.41, 5.74) is 1.05. The molecule has 1 atom stereocenters. The van der Waals surface area contributed by atoms with E-state index < -0.39 is 0 Å². The Balaban J connectivity index is 2.22. The van der Waals surface area contributed by atoms with Gasteiger partial charge in [0, 0.05) is 17.6 Å². The Labute approximate surface area is 133 Å². The normalized spacial score (nSPS) is 12.1. The molecule has 4 heteroatoms. The molecule has 1 aromatic rings. The fraction of sp³-hybridized carbons (Fsp3) is 0.529. The maximum atomic E-state index is 5.99. The van der Waals surface area contributed by atoms with Gasteiger partial charge < -0.3 is 14.8 Å². The average molecular weight is 312 g/mol. The van der Waals surface area contributed by atoms with Gasteiger partial charge in [-0.05, 0) is 43.5 Å². The van der Waals surface area contributed by atoms with Crippen molar-refractivity contribution in [2.75, 3.05) is 26.4 Å². The zero-order chi connectivity index (χ0) is 15.5. The first-order valence-corrected chi connectivity index (χ1v) is 7.88. The van der Waals surface area contributed by atoms with Gasteiger partial charge in [0.05, 0.1) is 13.2 Å². The molecule has 0 radical (unpaired) electrons. The highest BCUT2D eigenvalue weighted by molar-refractivity contribution is 6.30. The van der Waals surface area contributed by atoms with Crippen molar-refractivity contribution in [2.24, 2.45) is 0 Å². The van der Waals surface area contributed by atoms with Crippen molar-refractivity contribution >= 4 is 11.6 Å². The van der Waals surface area contributed by atoms with E-state index in [2.05, 4.69) is 25.7 Å². The number of rotatable bonds is 11. The Morgan fingerprint density at radius 2 is 2.14 bits per heavy atom. The predicted octanol–water partition coefficient (Wildman–Crippen LogP) is 3.85. The summed E-state index contributed by atoms with van der Waals surface area (Å²) < 4.78 is 11.3. The first kappa shape index (κ1) is 18.0. The molecule has 0 heterocycles. The van der Waals surface area contributed by atoms with Crippen molar-refractivity contribution < 1.29 is 9.47 Å². The van der Waals surface area contributed by atoms with E-state index in [0.29, 0.717) is 30.9 Å². The second kappa shape index (κ2) is 10.7. The molecular formula is C17H26ClNO2. The fourth-order valence-electron chi connectivity index (χ4n) is 1.84. The lowest BCUT2D eigenvalue weighted by Crippen LogP contribution is -2.29. The smallest absolute Gasteiger partial charge is 0.123 e. The minimum absolute atomic E-state index is 0.537. The molecule has 3 nitrogen and oxygen atoms in total. The monoisotopic (exact) mass is 311 g/mol.